The molecule has 2 aromatic rings. The Kier molecular flexibility index (Phi) is 2.61. The Morgan fingerprint density at radius 3 is 2.65 bits per heavy atom. The largest absolute Gasteiger partial charge is 0.461 e. The summed E-state index contributed by atoms with van der Waals surface area (Å²) in [5.74, 6) is 0.841. The van der Waals surface area contributed by atoms with Crippen LogP contribution in [0.25, 0.3) is 5.70 Å². The molecule has 1 N–H and O–H groups in total. The Morgan fingerprint density at radius 2 is 1.82 bits per heavy atom. The fraction of sp³-hybridized carbons (Fsp3) is 0. The van der Waals surface area contributed by atoms with Gasteiger partial charge in [0.1, 0.15) is 12.0 Å². The van der Waals surface area contributed by atoms with Crippen molar-refractivity contribution in [1.29, 1.82) is 0 Å². The third kappa shape index (κ3) is 2.06. The molecule has 0 spiro atoms. The van der Waals surface area contributed by atoms with Gasteiger partial charge < -0.3 is 10.1 Å². The lowest BCUT2D eigenvalue weighted by Gasteiger charge is -2.19. The molecule has 0 saturated heterocycles. The lowest BCUT2D eigenvalue weighted by Crippen LogP contribution is -2.07. The second-order valence-electron chi connectivity index (χ2n) is 3.78. The van der Waals surface area contributed by atoms with E-state index in [1.807, 2.05) is 48.5 Å². The number of halogens is 1. The van der Waals surface area contributed by atoms with Crippen molar-refractivity contribution in [3.8, 4) is 5.75 Å². The van der Waals surface area contributed by atoms with Gasteiger partial charge in [-0.1, -0.05) is 46.3 Å². The van der Waals surface area contributed by atoms with Gasteiger partial charge in [0.25, 0.3) is 0 Å². The van der Waals surface area contributed by atoms with Crippen molar-refractivity contribution in [2.24, 2.45) is 0 Å². The number of hydrogen-bond acceptors (Lipinski definition) is 2. The van der Waals surface area contributed by atoms with Crippen LogP contribution in [0.4, 0.5) is 5.69 Å². The topological polar surface area (TPSA) is 21.3 Å². The van der Waals surface area contributed by atoms with Gasteiger partial charge in [0.05, 0.1) is 11.4 Å². The van der Waals surface area contributed by atoms with Gasteiger partial charge in [-0.25, -0.2) is 0 Å². The van der Waals surface area contributed by atoms with Gasteiger partial charge >= 0.3 is 0 Å². The molecular formula is C14H10BrNO. The Balaban J connectivity index is 1.96. The zero-order chi connectivity index (χ0) is 11.7. The average molecular weight is 288 g/mol. The van der Waals surface area contributed by atoms with Crippen molar-refractivity contribution >= 4 is 27.3 Å². The summed E-state index contributed by atoms with van der Waals surface area (Å²) in [6.45, 7) is 0. The van der Waals surface area contributed by atoms with E-state index >= 15 is 0 Å². The first kappa shape index (κ1) is 10.4. The molecule has 84 valence electrons. The molecule has 0 bridgehead atoms. The quantitative estimate of drug-likeness (QED) is 0.847. The van der Waals surface area contributed by atoms with Crippen molar-refractivity contribution in [2.75, 3.05) is 5.32 Å². The zero-order valence-electron chi connectivity index (χ0n) is 8.98. The van der Waals surface area contributed by atoms with Crippen LogP contribution in [0.15, 0.2) is 59.3 Å². The van der Waals surface area contributed by atoms with E-state index in [-0.39, 0.29) is 0 Å². The standard InChI is InChI=1S/C14H10BrNO/c15-11-6-7-14-12(8-11)16-13(9-17-14)10-4-2-1-3-5-10/h1-9,16H. The number of benzene rings is 2. The van der Waals surface area contributed by atoms with Crippen molar-refractivity contribution < 1.29 is 4.74 Å². The molecule has 0 saturated carbocycles. The highest BCUT2D eigenvalue weighted by molar-refractivity contribution is 9.10. The van der Waals surface area contributed by atoms with E-state index < -0.39 is 0 Å². The monoisotopic (exact) mass is 287 g/mol. The molecule has 2 aromatic carbocycles. The number of fused-ring (bicyclic) bond motifs is 1. The van der Waals surface area contributed by atoms with E-state index in [9.17, 15) is 0 Å². The number of rotatable bonds is 1. The highest BCUT2D eigenvalue weighted by Crippen LogP contribution is 2.34. The van der Waals surface area contributed by atoms with E-state index in [0.29, 0.717) is 0 Å². The molecule has 0 aliphatic carbocycles. The molecule has 0 atom stereocenters. The van der Waals surface area contributed by atoms with Crippen LogP contribution in [-0.4, -0.2) is 0 Å². The van der Waals surface area contributed by atoms with Gasteiger partial charge in [-0.3, -0.25) is 0 Å². The fourth-order valence-corrected chi connectivity index (χ4v) is 2.12. The van der Waals surface area contributed by atoms with Crippen molar-refractivity contribution in [1.82, 2.24) is 0 Å². The molecule has 0 radical (unpaired) electrons. The molecule has 3 heteroatoms. The van der Waals surface area contributed by atoms with Crippen molar-refractivity contribution in [2.45, 2.75) is 0 Å². The zero-order valence-corrected chi connectivity index (χ0v) is 10.6. The van der Waals surface area contributed by atoms with E-state index in [0.717, 1.165) is 27.2 Å². The lowest BCUT2D eigenvalue weighted by molar-refractivity contribution is 0.480. The SMILES string of the molecule is Brc1ccc2c(c1)NC(c1ccccc1)=CO2. The summed E-state index contributed by atoms with van der Waals surface area (Å²) in [7, 11) is 0. The first-order chi connectivity index (χ1) is 8.33. The van der Waals surface area contributed by atoms with Crippen LogP contribution >= 0.6 is 15.9 Å². The summed E-state index contributed by atoms with van der Waals surface area (Å²) >= 11 is 3.45. The molecule has 0 amide bonds. The van der Waals surface area contributed by atoms with Crippen LogP contribution in [0.1, 0.15) is 5.56 Å². The van der Waals surface area contributed by atoms with Crippen molar-refractivity contribution in [3.05, 3.63) is 64.8 Å². The second-order valence-corrected chi connectivity index (χ2v) is 4.70. The lowest BCUT2D eigenvalue weighted by atomic mass is 10.1. The molecule has 1 heterocycles. The minimum Gasteiger partial charge on any atom is -0.461 e. The highest BCUT2D eigenvalue weighted by atomic mass is 79.9. The molecule has 3 rings (SSSR count). The molecule has 1 aliphatic rings. The Labute approximate surface area is 108 Å². The van der Waals surface area contributed by atoms with Crippen molar-refractivity contribution in [3.63, 3.8) is 0 Å². The first-order valence-corrected chi connectivity index (χ1v) is 6.11. The van der Waals surface area contributed by atoms with Crippen LogP contribution < -0.4 is 10.1 Å². The number of ether oxygens (including phenoxy) is 1. The van der Waals surface area contributed by atoms with Gasteiger partial charge in [0.15, 0.2) is 0 Å². The van der Waals surface area contributed by atoms with E-state index in [2.05, 4.69) is 21.2 Å². The van der Waals surface area contributed by atoms with Crippen LogP contribution in [0, 0.1) is 0 Å². The smallest absolute Gasteiger partial charge is 0.150 e. The van der Waals surface area contributed by atoms with Crippen LogP contribution in [0.3, 0.4) is 0 Å². The first-order valence-electron chi connectivity index (χ1n) is 5.32. The van der Waals surface area contributed by atoms with Gasteiger partial charge in [0, 0.05) is 10.0 Å². The number of anilines is 1. The molecule has 0 unspecified atom stereocenters. The maximum atomic E-state index is 5.60. The molecule has 2 nitrogen and oxygen atoms in total. The fourth-order valence-electron chi connectivity index (χ4n) is 1.76. The third-order valence-electron chi connectivity index (χ3n) is 2.60. The predicted molar refractivity (Wildman–Crippen MR) is 72.8 cm³/mol. The molecule has 0 aromatic heterocycles. The maximum absolute atomic E-state index is 5.60. The highest BCUT2D eigenvalue weighted by Gasteiger charge is 2.12. The molecule has 17 heavy (non-hydrogen) atoms. The third-order valence-corrected chi connectivity index (χ3v) is 3.09. The van der Waals surface area contributed by atoms with Gasteiger partial charge in [-0.05, 0) is 18.2 Å². The molecule has 1 aliphatic heterocycles. The van der Waals surface area contributed by atoms with Gasteiger partial charge in [0.2, 0.25) is 0 Å². The Morgan fingerprint density at radius 1 is 1.00 bits per heavy atom. The average Bonchev–Trinajstić information content (AvgIpc) is 2.39. The summed E-state index contributed by atoms with van der Waals surface area (Å²) in [4.78, 5) is 0. The van der Waals surface area contributed by atoms with Crippen LogP contribution in [0.2, 0.25) is 0 Å². The van der Waals surface area contributed by atoms with E-state index in [1.165, 1.54) is 0 Å². The second kappa shape index (κ2) is 4.26. The van der Waals surface area contributed by atoms with Crippen LogP contribution in [0.5, 0.6) is 5.75 Å². The summed E-state index contributed by atoms with van der Waals surface area (Å²) < 4.78 is 6.63. The number of hydrogen-bond donors (Lipinski definition) is 1. The van der Waals surface area contributed by atoms with Gasteiger partial charge in [-0.15, -0.1) is 0 Å². The summed E-state index contributed by atoms with van der Waals surface area (Å²) in [5, 5.41) is 3.36. The minimum absolute atomic E-state index is 0.841. The normalized spacial score (nSPS) is 13.1. The van der Waals surface area contributed by atoms with E-state index in [1.54, 1.807) is 6.26 Å². The van der Waals surface area contributed by atoms with Crippen LogP contribution in [-0.2, 0) is 0 Å². The predicted octanol–water partition coefficient (Wildman–Crippen LogP) is 4.25. The van der Waals surface area contributed by atoms with E-state index in [4.69, 9.17) is 4.74 Å². The summed E-state index contributed by atoms with van der Waals surface area (Å²) in [6.07, 6.45) is 1.74. The summed E-state index contributed by atoms with van der Waals surface area (Å²) in [6, 6.07) is 16.0. The van der Waals surface area contributed by atoms with Gasteiger partial charge in [-0.2, -0.15) is 0 Å². The minimum atomic E-state index is 0.841. The maximum Gasteiger partial charge on any atom is 0.150 e. The Hall–Kier alpha value is -1.74. The number of nitrogens with one attached hydrogen (secondary N) is 1. The summed E-state index contributed by atoms with van der Waals surface area (Å²) in [5.41, 5.74) is 3.05. The Bertz CT molecular complexity index is 578. The molecule has 0 fully saturated rings. The molecular weight excluding hydrogens is 278 g/mol.